The van der Waals surface area contributed by atoms with Crippen LogP contribution >= 0.6 is 23.4 Å². The monoisotopic (exact) mass is 276 g/mol. The highest BCUT2D eigenvalue weighted by Crippen LogP contribution is 2.20. The molecule has 92 valence electrons. The summed E-state index contributed by atoms with van der Waals surface area (Å²) in [6.45, 7) is 2.05. The van der Waals surface area contributed by atoms with E-state index < -0.39 is 0 Å². The molecule has 0 heterocycles. The summed E-state index contributed by atoms with van der Waals surface area (Å²) in [6.07, 6.45) is 0. The lowest BCUT2D eigenvalue weighted by Gasteiger charge is -2.02. The van der Waals surface area contributed by atoms with Gasteiger partial charge in [0, 0.05) is 15.5 Å². The molecule has 3 heteroatoms. The van der Waals surface area contributed by atoms with Crippen LogP contribution in [-0.2, 0) is 0 Å². The first-order valence-electron chi connectivity index (χ1n) is 5.63. The van der Waals surface area contributed by atoms with Gasteiger partial charge in [0.1, 0.15) is 0 Å². The maximum atomic E-state index is 11.9. The Balaban J connectivity index is 1.96. The van der Waals surface area contributed by atoms with Gasteiger partial charge in [-0.05, 0) is 43.3 Å². The van der Waals surface area contributed by atoms with Gasteiger partial charge in [0.25, 0.3) is 0 Å². The van der Waals surface area contributed by atoms with Crippen LogP contribution in [0.5, 0.6) is 0 Å². The van der Waals surface area contributed by atoms with Crippen molar-refractivity contribution in [1.82, 2.24) is 0 Å². The van der Waals surface area contributed by atoms with Crippen LogP contribution in [0.25, 0.3) is 0 Å². The summed E-state index contributed by atoms with van der Waals surface area (Å²) in [5.41, 5.74) is 1.93. The highest BCUT2D eigenvalue weighted by Gasteiger charge is 2.06. The van der Waals surface area contributed by atoms with E-state index in [1.54, 1.807) is 36.0 Å². The summed E-state index contributed by atoms with van der Waals surface area (Å²) in [4.78, 5) is 13.0. The minimum Gasteiger partial charge on any atom is -0.293 e. The highest BCUT2D eigenvalue weighted by atomic mass is 35.5. The van der Waals surface area contributed by atoms with Crippen molar-refractivity contribution in [3.63, 3.8) is 0 Å². The molecule has 0 bridgehead atoms. The molecule has 0 unspecified atom stereocenters. The number of hydrogen-bond donors (Lipinski definition) is 0. The molecule has 1 nitrogen and oxygen atoms in total. The van der Waals surface area contributed by atoms with Crippen LogP contribution in [0.15, 0.2) is 53.4 Å². The number of halogens is 1. The summed E-state index contributed by atoms with van der Waals surface area (Å²) in [7, 11) is 0. The first-order chi connectivity index (χ1) is 8.65. The number of thioether (sulfide) groups is 1. The highest BCUT2D eigenvalue weighted by molar-refractivity contribution is 8.00. The lowest BCUT2D eigenvalue weighted by Crippen LogP contribution is -2.01. The number of ketones is 1. The van der Waals surface area contributed by atoms with Gasteiger partial charge in [-0.15, -0.1) is 11.8 Å². The van der Waals surface area contributed by atoms with Gasteiger partial charge in [-0.2, -0.15) is 0 Å². The molecule has 0 saturated carbocycles. The molecule has 0 atom stereocenters. The zero-order valence-corrected chi connectivity index (χ0v) is 11.6. The Hall–Kier alpha value is -1.25. The number of rotatable bonds is 4. The molecule has 0 aromatic heterocycles. The van der Waals surface area contributed by atoms with Gasteiger partial charge < -0.3 is 0 Å². The third kappa shape index (κ3) is 3.62. The second kappa shape index (κ2) is 6.07. The van der Waals surface area contributed by atoms with Crippen LogP contribution < -0.4 is 0 Å². The zero-order chi connectivity index (χ0) is 13.0. The molecule has 0 spiro atoms. The number of carbonyl (C=O) groups is 1. The molecule has 0 aliphatic carbocycles. The summed E-state index contributed by atoms with van der Waals surface area (Å²) in [6, 6.07) is 15.2. The third-order valence-electron chi connectivity index (χ3n) is 2.56. The van der Waals surface area contributed by atoms with E-state index in [-0.39, 0.29) is 5.78 Å². The summed E-state index contributed by atoms with van der Waals surface area (Å²) in [5.74, 6) is 0.572. The van der Waals surface area contributed by atoms with Gasteiger partial charge in [0.15, 0.2) is 5.78 Å². The zero-order valence-electron chi connectivity index (χ0n) is 10.0. The van der Waals surface area contributed by atoms with Crippen LogP contribution in [0.4, 0.5) is 0 Å². The van der Waals surface area contributed by atoms with Gasteiger partial charge in [0.05, 0.1) is 5.75 Å². The first-order valence-corrected chi connectivity index (χ1v) is 7.00. The minimum absolute atomic E-state index is 0.122. The Labute approximate surface area is 116 Å². The maximum absolute atomic E-state index is 11.9. The summed E-state index contributed by atoms with van der Waals surface area (Å²) in [5, 5.41) is 0.651. The van der Waals surface area contributed by atoms with Crippen molar-refractivity contribution in [2.45, 2.75) is 11.8 Å². The molecule has 2 aromatic rings. The van der Waals surface area contributed by atoms with Crippen molar-refractivity contribution in [2.24, 2.45) is 0 Å². The quantitative estimate of drug-likeness (QED) is 0.598. The van der Waals surface area contributed by atoms with E-state index in [0.717, 1.165) is 4.90 Å². The van der Waals surface area contributed by atoms with E-state index in [2.05, 4.69) is 12.1 Å². The first kappa shape index (κ1) is 13.2. The maximum Gasteiger partial charge on any atom is 0.173 e. The molecular weight excluding hydrogens is 264 g/mol. The fraction of sp³-hybridized carbons (Fsp3) is 0.133. The molecule has 0 saturated heterocycles. The molecule has 2 rings (SSSR count). The molecule has 18 heavy (non-hydrogen) atoms. The number of Topliss-reactive ketones (excluding diaryl/α,β-unsaturated/α-hetero) is 1. The van der Waals surface area contributed by atoms with Crippen molar-refractivity contribution in [3.8, 4) is 0 Å². The molecule has 0 N–H and O–H groups in total. The topological polar surface area (TPSA) is 17.1 Å². The van der Waals surface area contributed by atoms with Gasteiger partial charge in [-0.3, -0.25) is 4.79 Å². The van der Waals surface area contributed by atoms with Gasteiger partial charge in [0.2, 0.25) is 0 Å². The number of carbonyl (C=O) groups excluding carboxylic acids is 1. The largest absolute Gasteiger partial charge is 0.293 e. The Morgan fingerprint density at radius 3 is 2.28 bits per heavy atom. The normalized spacial score (nSPS) is 10.3. The van der Waals surface area contributed by atoms with E-state index in [9.17, 15) is 4.79 Å². The fourth-order valence-corrected chi connectivity index (χ4v) is 2.42. The van der Waals surface area contributed by atoms with Crippen LogP contribution in [0.3, 0.4) is 0 Å². The fourth-order valence-electron chi connectivity index (χ4n) is 1.50. The van der Waals surface area contributed by atoms with E-state index in [4.69, 9.17) is 11.6 Å². The Morgan fingerprint density at radius 1 is 1.06 bits per heavy atom. The predicted octanol–water partition coefficient (Wildman–Crippen LogP) is 4.62. The average molecular weight is 277 g/mol. The van der Waals surface area contributed by atoms with E-state index >= 15 is 0 Å². The SMILES string of the molecule is Cc1ccc(SCC(=O)c2ccc(Cl)cc2)cc1. The number of aryl methyl sites for hydroxylation is 1. The molecule has 0 fully saturated rings. The van der Waals surface area contributed by atoms with Crippen LogP contribution in [-0.4, -0.2) is 11.5 Å². The molecule has 0 amide bonds. The van der Waals surface area contributed by atoms with E-state index in [0.29, 0.717) is 16.3 Å². The standard InChI is InChI=1S/C15H13ClOS/c1-11-2-8-14(9-3-11)18-10-15(17)12-4-6-13(16)7-5-12/h2-9H,10H2,1H3. The molecule has 0 aliphatic rings. The smallest absolute Gasteiger partial charge is 0.173 e. The minimum atomic E-state index is 0.122. The average Bonchev–Trinajstić information content (AvgIpc) is 2.38. The van der Waals surface area contributed by atoms with Crippen molar-refractivity contribution in [2.75, 3.05) is 5.75 Å². The molecular formula is C15H13ClOS. The van der Waals surface area contributed by atoms with Gasteiger partial charge >= 0.3 is 0 Å². The lowest BCUT2D eigenvalue weighted by atomic mass is 10.1. The molecule has 2 aromatic carbocycles. The van der Waals surface area contributed by atoms with Crippen LogP contribution in [0.1, 0.15) is 15.9 Å². The Kier molecular flexibility index (Phi) is 4.45. The van der Waals surface area contributed by atoms with Crippen molar-refractivity contribution >= 4 is 29.1 Å². The Bertz CT molecular complexity index is 531. The second-order valence-corrected chi connectivity index (χ2v) is 5.52. The van der Waals surface area contributed by atoms with Crippen LogP contribution in [0, 0.1) is 6.92 Å². The number of benzene rings is 2. The van der Waals surface area contributed by atoms with E-state index in [1.165, 1.54) is 5.56 Å². The van der Waals surface area contributed by atoms with Gasteiger partial charge in [-0.25, -0.2) is 0 Å². The van der Waals surface area contributed by atoms with Crippen LogP contribution in [0.2, 0.25) is 5.02 Å². The summed E-state index contributed by atoms with van der Waals surface area (Å²) >= 11 is 7.34. The summed E-state index contributed by atoms with van der Waals surface area (Å²) < 4.78 is 0. The van der Waals surface area contributed by atoms with Crippen molar-refractivity contribution in [3.05, 3.63) is 64.7 Å². The van der Waals surface area contributed by atoms with Gasteiger partial charge in [-0.1, -0.05) is 29.3 Å². The predicted molar refractivity (Wildman–Crippen MR) is 77.7 cm³/mol. The van der Waals surface area contributed by atoms with Crippen molar-refractivity contribution < 1.29 is 4.79 Å². The third-order valence-corrected chi connectivity index (χ3v) is 3.82. The second-order valence-electron chi connectivity index (χ2n) is 4.03. The van der Waals surface area contributed by atoms with Crippen molar-refractivity contribution in [1.29, 1.82) is 0 Å². The van der Waals surface area contributed by atoms with E-state index in [1.807, 2.05) is 19.1 Å². The molecule has 0 radical (unpaired) electrons. The molecule has 0 aliphatic heterocycles. The lowest BCUT2D eigenvalue weighted by molar-refractivity contribution is 0.102. The Morgan fingerprint density at radius 2 is 1.67 bits per heavy atom. The number of hydrogen-bond acceptors (Lipinski definition) is 2.